The topological polar surface area (TPSA) is 28.2 Å². The van der Waals surface area contributed by atoms with Gasteiger partial charge in [-0.3, -0.25) is 0 Å². The smallest absolute Gasteiger partial charge is 0.129 e. The van der Waals surface area contributed by atoms with Gasteiger partial charge in [-0.1, -0.05) is 27.7 Å². The van der Waals surface area contributed by atoms with Crippen molar-refractivity contribution >= 4 is 5.82 Å². The van der Waals surface area contributed by atoms with E-state index in [2.05, 4.69) is 50.0 Å². The molecular weight excluding hydrogens is 258 g/mol. The van der Waals surface area contributed by atoms with Gasteiger partial charge in [0.15, 0.2) is 0 Å². The molecule has 3 nitrogen and oxygen atoms in total. The third-order valence-electron chi connectivity index (χ3n) is 4.56. The summed E-state index contributed by atoms with van der Waals surface area (Å²) >= 11 is 0. The lowest BCUT2D eigenvalue weighted by molar-refractivity contribution is 0.565. The first kappa shape index (κ1) is 14.8. The van der Waals surface area contributed by atoms with Crippen molar-refractivity contribution in [3.8, 4) is 0 Å². The lowest BCUT2D eigenvalue weighted by Gasteiger charge is -2.24. The highest BCUT2D eigenvalue weighted by Crippen LogP contribution is 2.28. The molecule has 1 aliphatic heterocycles. The molecule has 1 saturated heterocycles. The molecule has 0 aromatic carbocycles. The van der Waals surface area contributed by atoms with Crippen molar-refractivity contribution < 1.29 is 0 Å². The number of aromatic nitrogens is 1. The van der Waals surface area contributed by atoms with Crippen LogP contribution < -0.4 is 10.2 Å². The van der Waals surface area contributed by atoms with Crippen LogP contribution in [0.3, 0.4) is 0 Å². The monoisotopic (exact) mass is 287 g/mol. The molecule has 1 aliphatic carbocycles. The predicted octanol–water partition coefficient (Wildman–Crippen LogP) is 3.48. The van der Waals surface area contributed by atoms with E-state index in [9.17, 15) is 0 Å². The Bertz CT molecular complexity index is 500. The SMILES string of the molecule is CC1CCN(c2cc(CNC3CC3)cc(C(C)(C)C)n2)C1. The van der Waals surface area contributed by atoms with E-state index in [-0.39, 0.29) is 5.41 Å². The molecule has 0 radical (unpaired) electrons. The van der Waals surface area contributed by atoms with Crippen molar-refractivity contribution in [1.82, 2.24) is 10.3 Å². The van der Waals surface area contributed by atoms with Crippen LogP contribution >= 0.6 is 0 Å². The number of rotatable bonds is 4. The highest BCUT2D eigenvalue weighted by molar-refractivity contribution is 5.45. The number of nitrogens with one attached hydrogen (secondary N) is 1. The van der Waals surface area contributed by atoms with Crippen molar-refractivity contribution in [2.45, 2.75) is 65.0 Å². The molecule has 1 atom stereocenters. The summed E-state index contributed by atoms with van der Waals surface area (Å²) in [7, 11) is 0. The molecule has 2 heterocycles. The van der Waals surface area contributed by atoms with Gasteiger partial charge < -0.3 is 10.2 Å². The minimum Gasteiger partial charge on any atom is -0.356 e. The predicted molar refractivity (Wildman–Crippen MR) is 88.8 cm³/mol. The molecule has 3 heteroatoms. The second-order valence-corrected chi connectivity index (χ2v) is 7.96. The number of hydrogen-bond donors (Lipinski definition) is 1. The third kappa shape index (κ3) is 3.76. The van der Waals surface area contributed by atoms with Gasteiger partial charge >= 0.3 is 0 Å². The van der Waals surface area contributed by atoms with Crippen LogP contribution in [0, 0.1) is 5.92 Å². The maximum atomic E-state index is 4.96. The van der Waals surface area contributed by atoms with Gasteiger partial charge in [0.1, 0.15) is 5.82 Å². The maximum Gasteiger partial charge on any atom is 0.129 e. The molecule has 1 N–H and O–H groups in total. The molecule has 116 valence electrons. The van der Waals surface area contributed by atoms with Crippen LogP contribution in [-0.2, 0) is 12.0 Å². The molecule has 1 unspecified atom stereocenters. The molecule has 2 fully saturated rings. The highest BCUT2D eigenvalue weighted by Gasteiger charge is 2.24. The van der Waals surface area contributed by atoms with Gasteiger partial charge in [-0.2, -0.15) is 0 Å². The first-order valence-electron chi connectivity index (χ1n) is 8.41. The summed E-state index contributed by atoms with van der Waals surface area (Å²) in [4.78, 5) is 7.42. The summed E-state index contributed by atoms with van der Waals surface area (Å²) in [6.07, 6.45) is 3.97. The van der Waals surface area contributed by atoms with E-state index < -0.39 is 0 Å². The molecule has 1 aromatic rings. The highest BCUT2D eigenvalue weighted by atomic mass is 15.2. The number of anilines is 1. The second kappa shape index (κ2) is 5.60. The van der Waals surface area contributed by atoms with Crippen LogP contribution in [0.4, 0.5) is 5.82 Å². The summed E-state index contributed by atoms with van der Waals surface area (Å²) in [5.41, 5.74) is 2.71. The van der Waals surface area contributed by atoms with Gasteiger partial charge in [0.2, 0.25) is 0 Å². The lowest BCUT2D eigenvalue weighted by Crippen LogP contribution is -2.24. The summed E-state index contributed by atoms with van der Waals surface area (Å²) in [5.74, 6) is 1.97. The fourth-order valence-corrected chi connectivity index (χ4v) is 2.91. The van der Waals surface area contributed by atoms with E-state index in [0.29, 0.717) is 0 Å². The summed E-state index contributed by atoms with van der Waals surface area (Å²) in [5, 5.41) is 3.63. The van der Waals surface area contributed by atoms with Crippen LogP contribution in [0.25, 0.3) is 0 Å². The lowest BCUT2D eigenvalue weighted by atomic mass is 9.90. The zero-order chi connectivity index (χ0) is 15.0. The summed E-state index contributed by atoms with van der Waals surface area (Å²) < 4.78 is 0. The molecule has 0 bridgehead atoms. The first-order valence-corrected chi connectivity index (χ1v) is 8.41. The van der Waals surface area contributed by atoms with Gasteiger partial charge in [0.25, 0.3) is 0 Å². The van der Waals surface area contributed by atoms with E-state index in [1.807, 2.05) is 0 Å². The molecule has 0 amide bonds. The van der Waals surface area contributed by atoms with Gasteiger partial charge in [-0.15, -0.1) is 0 Å². The molecule has 1 aromatic heterocycles. The van der Waals surface area contributed by atoms with E-state index in [4.69, 9.17) is 4.98 Å². The number of hydrogen-bond acceptors (Lipinski definition) is 3. The Hall–Kier alpha value is -1.09. The average molecular weight is 287 g/mol. The van der Waals surface area contributed by atoms with Crippen molar-refractivity contribution in [2.75, 3.05) is 18.0 Å². The van der Waals surface area contributed by atoms with E-state index in [1.54, 1.807) is 0 Å². The fraction of sp³-hybridized carbons (Fsp3) is 0.722. The number of pyridine rings is 1. The van der Waals surface area contributed by atoms with Crippen molar-refractivity contribution in [3.05, 3.63) is 23.4 Å². The van der Waals surface area contributed by atoms with Crippen LogP contribution in [0.2, 0.25) is 0 Å². The largest absolute Gasteiger partial charge is 0.356 e. The van der Waals surface area contributed by atoms with Gasteiger partial charge in [0.05, 0.1) is 0 Å². The average Bonchev–Trinajstić information content (AvgIpc) is 3.15. The Morgan fingerprint density at radius 2 is 2.00 bits per heavy atom. The Morgan fingerprint density at radius 1 is 1.24 bits per heavy atom. The van der Waals surface area contributed by atoms with E-state index in [1.165, 1.54) is 36.3 Å². The molecule has 3 rings (SSSR count). The minimum absolute atomic E-state index is 0.107. The first-order chi connectivity index (χ1) is 9.91. The Kier molecular flexibility index (Phi) is 3.96. The van der Waals surface area contributed by atoms with Crippen molar-refractivity contribution in [3.63, 3.8) is 0 Å². The normalized spacial score (nSPS) is 22.9. The zero-order valence-electron chi connectivity index (χ0n) is 13.9. The van der Waals surface area contributed by atoms with Crippen LogP contribution in [0.5, 0.6) is 0 Å². The molecule has 1 saturated carbocycles. The molecule has 0 spiro atoms. The standard InChI is InChI=1S/C18H29N3/c1-13-7-8-21(12-13)17-10-14(11-19-15-5-6-15)9-16(20-17)18(2,3)4/h9-10,13,15,19H,5-8,11-12H2,1-4H3. The number of nitrogens with zero attached hydrogens (tertiary/aromatic N) is 2. The molecule has 2 aliphatic rings. The molecule has 21 heavy (non-hydrogen) atoms. The van der Waals surface area contributed by atoms with Crippen molar-refractivity contribution in [1.29, 1.82) is 0 Å². The van der Waals surface area contributed by atoms with Gasteiger partial charge in [-0.25, -0.2) is 4.98 Å². The quantitative estimate of drug-likeness (QED) is 0.919. The van der Waals surface area contributed by atoms with Crippen LogP contribution in [0.1, 0.15) is 58.2 Å². The van der Waals surface area contributed by atoms with E-state index >= 15 is 0 Å². The summed E-state index contributed by atoms with van der Waals surface area (Å²) in [6, 6.07) is 5.34. The van der Waals surface area contributed by atoms with Crippen LogP contribution in [-0.4, -0.2) is 24.1 Å². The maximum absolute atomic E-state index is 4.96. The Labute approximate surface area is 129 Å². The minimum atomic E-state index is 0.107. The van der Waals surface area contributed by atoms with Gasteiger partial charge in [-0.05, 0) is 42.9 Å². The van der Waals surface area contributed by atoms with Gasteiger partial charge in [0, 0.05) is 36.8 Å². The van der Waals surface area contributed by atoms with E-state index in [0.717, 1.165) is 31.6 Å². The third-order valence-corrected chi connectivity index (χ3v) is 4.56. The molecular formula is C18H29N3. The Morgan fingerprint density at radius 3 is 2.57 bits per heavy atom. The second-order valence-electron chi connectivity index (χ2n) is 7.96. The van der Waals surface area contributed by atoms with Crippen LogP contribution in [0.15, 0.2) is 12.1 Å². The summed E-state index contributed by atoms with van der Waals surface area (Å²) in [6.45, 7) is 12.4. The zero-order valence-corrected chi connectivity index (χ0v) is 13.9. The fourth-order valence-electron chi connectivity index (χ4n) is 2.91. The Balaban J connectivity index is 1.84. The van der Waals surface area contributed by atoms with Crippen molar-refractivity contribution in [2.24, 2.45) is 5.92 Å².